The Morgan fingerprint density at radius 1 is 1.25 bits per heavy atom. The van der Waals surface area contributed by atoms with Crippen molar-refractivity contribution >= 4 is 11.5 Å². The van der Waals surface area contributed by atoms with Gasteiger partial charge < -0.3 is 14.8 Å². The van der Waals surface area contributed by atoms with Crippen LogP contribution in [0.15, 0.2) is 41.4 Å². The minimum absolute atomic E-state index is 0.621. The van der Waals surface area contributed by atoms with Crippen molar-refractivity contribution in [3.63, 3.8) is 0 Å². The number of nitrogens with one attached hydrogen (secondary N) is 1. The second-order valence-electron chi connectivity index (χ2n) is 5.91. The average Bonchev–Trinajstić information content (AvgIpc) is 2.96. The number of nitrogens with zero attached hydrogens (tertiary/aromatic N) is 5. The lowest BCUT2D eigenvalue weighted by molar-refractivity contribution is 0.438. The number of benzene rings is 1. The van der Waals surface area contributed by atoms with Crippen molar-refractivity contribution in [2.45, 2.75) is 19.9 Å². The van der Waals surface area contributed by atoms with Crippen LogP contribution in [0, 0.1) is 6.92 Å². The molecule has 0 saturated heterocycles. The molecule has 0 saturated carbocycles. The predicted octanol–water partition coefficient (Wildman–Crippen LogP) is 1.99. The molecule has 1 aliphatic rings. The van der Waals surface area contributed by atoms with Crippen LogP contribution in [0.1, 0.15) is 23.6 Å². The van der Waals surface area contributed by atoms with E-state index in [9.17, 15) is 0 Å². The maximum atomic E-state index is 4.41. The van der Waals surface area contributed by atoms with Crippen LogP contribution in [0.5, 0.6) is 0 Å². The van der Waals surface area contributed by atoms with Crippen LogP contribution < -0.4 is 5.32 Å². The summed E-state index contributed by atoms with van der Waals surface area (Å²) in [6.45, 7) is 4.39. The van der Waals surface area contributed by atoms with Gasteiger partial charge in [-0.3, -0.25) is 4.99 Å². The predicted molar refractivity (Wildman–Crippen MR) is 96.5 cm³/mol. The molecule has 2 aromatic rings. The Morgan fingerprint density at radius 3 is 2.62 bits per heavy atom. The summed E-state index contributed by atoms with van der Waals surface area (Å²) in [6.07, 6.45) is 3.31. The van der Waals surface area contributed by atoms with Gasteiger partial charge in [-0.1, -0.05) is 36.4 Å². The highest BCUT2D eigenvalue weighted by Crippen LogP contribution is 2.21. The van der Waals surface area contributed by atoms with Gasteiger partial charge in [-0.2, -0.15) is 0 Å². The summed E-state index contributed by atoms with van der Waals surface area (Å²) in [5.41, 5.74) is 2.72. The zero-order valence-electron chi connectivity index (χ0n) is 14.5. The molecule has 0 aliphatic carbocycles. The molecule has 1 aliphatic heterocycles. The molecule has 0 radical (unpaired) electrons. The lowest BCUT2D eigenvalue weighted by Crippen LogP contribution is -2.43. The van der Waals surface area contributed by atoms with E-state index in [1.54, 1.807) is 0 Å². The van der Waals surface area contributed by atoms with E-state index >= 15 is 0 Å². The van der Waals surface area contributed by atoms with Crippen LogP contribution in [0.2, 0.25) is 0 Å². The fraction of sp³-hybridized carbons (Fsp3) is 0.389. The number of rotatable bonds is 3. The van der Waals surface area contributed by atoms with Crippen LogP contribution in [-0.4, -0.2) is 45.8 Å². The molecule has 1 N–H and O–H groups in total. The zero-order chi connectivity index (χ0) is 16.9. The summed E-state index contributed by atoms with van der Waals surface area (Å²) >= 11 is 0. The first-order chi connectivity index (χ1) is 11.7. The summed E-state index contributed by atoms with van der Waals surface area (Å²) in [7, 11) is 3.80. The Balaban J connectivity index is 1.61. The molecule has 0 unspecified atom stereocenters. The van der Waals surface area contributed by atoms with E-state index in [0.29, 0.717) is 6.54 Å². The van der Waals surface area contributed by atoms with Gasteiger partial charge in [0.1, 0.15) is 5.82 Å². The van der Waals surface area contributed by atoms with E-state index in [0.717, 1.165) is 37.1 Å². The standard InChI is InChI=1S/C18H24N6/c1-14-21-22-17(23(14)3)13-20-18(19-2)24-11-9-16(10-12-24)15-7-5-4-6-8-15/h4-9H,10-13H2,1-3H3,(H,19,20). The monoisotopic (exact) mass is 324 g/mol. The smallest absolute Gasteiger partial charge is 0.194 e. The molecule has 3 rings (SSSR count). The quantitative estimate of drug-likeness (QED) is 0.693. The summed E-state index contributed by atoms with van der Waals surface area (Å²) in [5, 5.41) is 11.7. The average molecular weight is 324 g/mol. The Labute approximate surface area is 142 Å². The zero-order valence-corrected chi connectivity index (χ0v) is 14.5. The van der Waals surface area contributed by atoms with Gasteiger partial charge in [-0.25, -0.2) is 0 Å². The van der Waals surface area contributed by atoms with E-state index in [2.05, 4.69) is 61.8 Å². The molecule has 126 valence electrons. The third-order valence-corrected chi connectivity index (χ3v) is 4.45. The highest BCUT2D eigenvalue weighted by Gasteiger charge is 2.16. The minimum atomic E-state index is 0.621. The lowest BCUT2D eigenvalue weighted by atomic mass is 10.00. The maximum absolute atomic E-state index is 4.41. The van der Waals surface area contributed by atoms with Gasteiger partial charge in [0.15, 0.2) is 11.8 Å². The third-order valence-electron chi connectivity index (χ3n) is 4.45. The maximum Gasteiger partial charge on any atom is 0.194 e. The van der Waals surface area contributed by atoms with Gasteiger partial charge in [0.2, 0.25) is 0 Å². The lowest BCUT2D eigenvalue weighted by Gasteiger charge is -2.29. The molecule has 0 fully saturated rings. The fourth-order valence-electron chi connectivity index (χ4n) is 2.87. The van der Waals surface area contributed by atoms with Crippen molar-refractivity contribution in [2.24, 2.45) is 12.0 Å². The van der Waals surface area contributed by atoms with Crippen molar-refractivity contribution in [1.29, 1.82) is 0 Å². The molecule has 0 bridgehead atoms. The van der Waals surface area contributed by atoms with E-state index < -0.39 is 0 Å². The van der Waals surface area contributed by atoms with Crippen LogP contribution in [0.3, 0.4) is 0 Å². The Bertz CT molecular complexity index is 744. The Morgan fingerprint density at radius 2 is 2.04 bits per heavy atom. The SMILES string of the molecule is CN=C(NCc1nnc(C)n1C)N1CC=C(c2ccccc2)CC1. The summed E-state index contributed by atoms with van der Waals surface area (Å²) < 4.78 is 1.99. The second kappa shape index (κ2) is 7.29. The molecule has 1 aromatic carbocycles. The van der Waals surface area contributed by atoms with Crippen molar-refractivity contribution in [3.8, 4) is 0 Å². The van der Waals surface area contributed by atoms with Crippen molar-refractivity contribution in [3.05, 3.63) is 53.6 Å². The first-order valence-corrected chi connectivity index (χ1v) is 8.24. The van der Waals surface area contributed by atoms with E-state index in [4.69, 9.17) is 0 Å². The van der Waals surface area contributed by atoms with Gasteiger partial charge in [0.25, 0.3) is 0 Å². The van der Waals surface area contributed by atoms with Crippen molar-refractivity contribution in [2.75, 3.05) is 20.1 Å². The molecule has 0 amide bonds. The van der Waals surface area contributed by atoms with Crippen LogP contribution in [0.25, 0.3) is 5.57 Å². The molecule has 24 heavy (non-hydrogen) atoms. The van der Waals surface area contributed by atoms with E-state index in [1.807, 2.05) is 25.6 Å². The number of hydrogen-bond acceptors (Lipinski definition) is 3. The highest BCUT2D eigenvalue weighted by atomic mass is 15.3. The summed E-state index contributed by atoms with van der Waals surface area (Å²) in [4.78, 5) is 6.67. The fourth-order valence-corrected chi connectivity index (χ4v) is 2.87. The molecule has 0 atom stereocenters. The third kappa shape index (κ3) is 3.48. The minimum Gasteiger partial charge on any atom is -0.349 e. The van der Waals surface area contributed by atoms with Gasteiger partial charge >= 0.3 is 0 Å². The largest absolute Gasteiger partial charge is 0.349 e. The summed E-state index contributed by atoms with van der Waals surface area (Å²) in [5.74, 6) is 2.72. The molecular weight excluding hydrogens is 300 g/mol. The van der Waals surface area contributed by atoms with Crippen LogP contribution >= 0.6 is 0 Å². The molecule has 6 nitrogen and oxygen atoms in total. The van der Waals surface area contributed by atoms with Crippen molar-refractivity contribution in [1.82, 2.24) is 25.0 Å². The molecule has 6 heteroatoms. The first-order valence-electron chi connectivity index (χ1n) is 8.24. The number of guanidine groups is 1. The van der Waals surface area contributed by atoms with Gasteiger partial charge in [-0.05, 0) is 24.5 Å². The van der Waals surface area contributed by atoms with Crippen molar-refractivity contribution < 1.29 is 0 Å². The molecule has 1 aromatic heterocycles. The van der Waals surface area contributed by atoms with E-state index in [-0.39, 0.29) is 0 Å². The molecular formula is C18H24N6. The number of aromatic nitrogens is 3. The Kier molecular flexibility index (Phi) is 4.93. The number of aliphatic imine (C=N–C) groups is 1. The van der Waals surface area contributed by atoms with Crippen LogP contribution in [0.4, 0.5) is 0 Å². The van der Waals surface area contributed by atoms with Crippen LogP contribution in [-0.2, 0) is 13.6 Å². The van der Waals surface area contributed by atoms with Gasteiger partial charge in [0.05, 0.1) is 6.54 Å². The number of hydrogen-bond donors (Lipinski definition) is 1. The van der Waals surface area contributed by atoms with Gasteiger partial charge in [-0.15, -0.1) is 10.2 Å². The Hall–Kier alpha value is -2.63. The molecule has 2 heterocycles. The topological polar surface area (TPSA) is 58.3 Å². The second-order valence-corrected chi connectivity index (χ2v) is 5.91. The normalized spacial score (nSPS) is 15.4. The number of aryl methyl sites for hydroxylation is 1. The summed E-state index contributed by atoms with van der Waals surface area (Å²) in [6, 6.07) is 10.6. The highest BCUT2D eigenvalue weighted by molar-refractivity contribution is 5.81. The van der Waals surface area contributed by atoms with Gasteiger partial charge in [0, 0.05) is 27.2 Å². The first kappa shape index (κ1) is 16.2. The molecule has 0 spiro atoms. The van der Waals surface area contributed by atoms with E-state index in [1.165, 1.54) is 11.1 Å².